The maximum absolute atomic E-state index is 12.1. The van der Waals surface area contributed by atoms with Crippen LogP contribution >= 0.6 is 0 Å². The van der Waals surface area contributed by atoms with Gasteiger partial charge in [0.05, 0.1) is 17.1 Å². The Kier molecular flexibility index (Phi) is 4.55. The van der Waals surface area contributed by atoms with Gasteiger partial charge in [0.1, 0.15) is 0 Å². The average molecular weight is 304 g/mol. The number of hydrogen-bond acceptors (Lipinski definition) is 5. The van der Waals surface area contributed by atoms with E-state index in [4.69, 9.17) is 4.74 Å². The molecule has 2 rings (SSSR count). The number of nitro benzene ring substituents is 1. The first-order valence-corrected chi connectivity index (χ1v) is 6.86. The van der Waals surface area contributed by atoms with Crippen LogP contribution in [0.2, 0.25) is 0 Å². The molecular weight excluding hydrogens is 288 g/mol. The molecule has 1 aromatic carbocycles. The molecule has 1 N–H and O–H groups in total. The lowest BCUT2D eigenvalue weighted by molar-refractivity contribution is -0.384. The minimum atomic E-state index is -0.495. The number of nitro groups is 1. The van der Waals surface area contributed by atoms with Crippen molar-refractivity contribution in [1.29, 1.82) is 0 Å². The predicted octanol–water partition coefficient (Wildman–Crippen LogP) is 2.04. The van der Waals surface area contributed by atoms with Crippen molar-refractivity contribution in [3.8, 4) is 0 Å². The van der Waals surface area contributed by atoms with E-state index in [2.05, 4.69) is 5.32 Å². The number of allylic oxidation sites excluding steroid dienone is 1. The van der Waals surface area contributed by atoms with Gasteiger partial charge in [0.2, 0.25) is 5.91 Å². The van der Waals surface area contributed by atoms with Crippen LogP contribution in [-0.2, 0) is 14.3 Å². The number of benzene rings is 1. The first-order chi connectivity index (χ1) is 10.4. The van der Waals surface area contributed by atoms with Gasteiger partial charge in [-0.3, -0.25) is 14.9 Å². The van der Waals surface area contributed by atoms with E-state index in [-0.39, 0.29) is 24.6 Å². The number of ether oxygens (including phenoxy) is 1. The van der Waals surface area contributed by atoms with Crippen molar-refractivity contribution < 1.29 is 19.2 Å². The highest BCUT2D eigenvalue weighted by Crippen LogP contribution is 2.34. The van der Waals surface area contributed by atoms with E-state index in [9.17, 15) is 19.7 Å². The van der Waals surface area contributed by atoms with E-state index in [1.54, 1.807) is 26.0 Å². The predicted molar refractivity (Wildman–Crippen MR) is 77.9 cm³/mol. The third-order valence-electron chi connectivity index (χ3n) is 3.47. The maximum Gasteiger partial charge on any atom is 0.336 e. The van der Waals surface area contributed by atoms with Crippen LogP contribution in [-0.4, -0.2) is 23.4 Å². The monoisotopic (exact) mass is 304 g/mol. The largest absolute Gasteiger partial charge is 0.463 e. The van der Waals surface area contributed by atoms with Crippen LogP contribution in [0.3, 0.4) is 0 Å². The normalized spacial score (nSPS) is 17.9. The zero-order valence-corrected chi connectivity index (χ0v) is 12.3. The van der Waals surface area contributed by atoms with Crippen molar-refractivity contribution in [3.05, 3.63) is 51.2 Å². The van der Waals surface area contributed by atoms with Crippen LogP contribution in [0.4, 0.5) is 5.69 Å². The highest BCUT2D eigenvalue weighted by molar-refractivity contribution is 5.95. The van der Waals surface area contributed by atoms with Crippen LogP contribution in [0, 0.1) is 10.1 Å². The first-order valence-electron chi connectivity index (χ1n) is 6.86. The summed E-state index contributed by atoms with van der Waals surface area (Å²) in [5, 5.41) is 13.3. The molecule has 0 bridgehead atoms. The Bertz CT molecular complexity index is 648. The van der Waals surface area contributed by atoms with Gasteiger partial charge in [-0.25, -0.2) is 4.79 Å². The van der Waals surface area contributed by atoms with Gasteiger partial charge in [-0.15, -0.1) is 0 Å². The molecule has 1 amide bonds. The summed E-state index contributed by atoms with van der Waals surface area (Å²) in [6.45, 7) is 3.58. The Morgan fingerprint density at radius 3 is 2.59 bits per heavy atom. The summed E-state index contributed by atoms with van der Waals surface area (Å²) in [7, 11) is 0. The summed E-state index contributed by atoms with van der Waals surface area (Å²) >= 11 is 0. The van der Waals surface area contributed by atoms with Gasteiger partial charge in [0.25, 0.3) is 5.69 Å². The van der Waals surface area contributed by atoms with Crippen LogP contribution in [0.1, 0.15) is 31.7 Å². The summed E-state index contributed by atoms with van der Waals surface area (Å²) in [6.07, 6.45) is 0.100. The molecule has 7 nitrogen and oxygen atoms in total. The molecule has 22 heavy (non-hydrogen) atoms. The number of esters is 1. The number of nitrogens with zero attached hydrogens (tertiary/aromatic N) is 1. The van der Waals surface area contributed by atoms with Crippen molar-refractivity contribution >= 4 is 17.6 Å². The van der Waals surface area contributed by atoms with E-state index in [0.717, 1.165) is 0 Å². The molecule has 7 heteroatoms. The van der Waals surface area contributed by atoms with Gasteiger partial charge in [-0.05, 0) is 19.4 Å². The molecule has 1 heterocycles. The van der Waals surface area contributed by atoms with Crippen molar-refractivity contribution in [2.75, 3.05) is 6.61 Å². The smallest absolute Gasteiger partial charge is 0.336 e. The third-order valence-corrected chi connectivity index (χ3v) is 3.47. The fourth-order valence-electron chi connectivity index (χ4n) is 2.49. The van der Waals surface area contributed by atoms with Crippen LogP contribution in [0.25, 0.3) is 0 Å². The molecule has 0 aliphatic carbocycles. The minimum absolute atomic E-state index is 0.0394. The number of nitrogens with one attached hydrogen (secondary N) is 1. The molecule has 116 valence electrons. The number of non-ortho nitro benzene ring substituents is 1. The second-order valence-electron chi connectivity index (χ2n) is 4.91. The lowest BCUT2D eigenvalue weighted by atomic mass is 9.84. The van der Waals surface area contributed by atoms with E-state index < -0.39 is 16.8 Å². The number of rotatable bonds is 4. The Hall–Kier alpha value is -2.70. The fourth-order valence-corrected chi connectivity index (χ4v) is 2.49. The quantitative estimate of drug-likeness (QED) is 0.521. The summed E-state index contributed by atoms with van der Waals surface area (Å²) in [6, 6.07) is 5.85. The summed E-state index contributed by atoms with van der Waals surface area (Å²) < 4.78 is 5.04. The molecule has 0 radical (unpaired) electrons. The standard InChI is InChI=1S/C15H16N2O5/c1-3-22-15(19)14-9(2)16-13(18)8-12(14)10-4-6-11(7-5-10)17(20)21/h4-7,12H,3,8H2,1-2H3,(H,16,18)/t12-/m1/s1. The molecule has 0 unspecified atom stereocenters. The van der Waals surface area contributed by atoms with Crippen molar-refractivity contribution in [2.45, 2.75) is 26.2 Å². The minimum Gasteiger partial charge on any atom is -0.463 e. The Morgan fingerprint density at radius 1 is 1.41 bits per heavy atom. The molecule has 0 saturated heterocycles. The zero-order chi connectivity index (χ0) is 16.3. The van der Waals surface area contributed by atoms with Gasteiger partial charge in [-0.1, -0.05) is 12.1 Å². The van der Waals surface area contributed by atoms with Gasteiger partial charge in [0.15, 0.2) is 0 Å². The molecule has 1 aromatic rings. The van der Waals surface area contributed by atoms with E-state index in [0.29, 0.717) is 16.8 Å². The highest BCUT2D eigenvalue weighted by Gasteiger charge is 2.32. The van der Waals surface area contributed by atoms with Crippen molar-refractivity contribution in [1.82, 2.24) is 5.32 Å². The molecule has 0 spiro atoms. The van der Waals surface area contributed by atoms with Crippen LogP contribution < -0.4 is 5.32 Å². The third kappa shape index (κ3) is 3.13. The Balaban J connectivity index is 2.40. The molecular formula is C15H16N2O5. The van der Waals surface area contributed by atoms with Crippen molar-refractivity contribution in [2.24, 2.45) is 0 Å². The molecule has 0 aromatic heterocycles. The van der Waals surface area contributed by atoms with E-state index in [1.165, 1.54) is 12.1 Å². The second kappa shape index (κ2) is 6.38. The summed E-state index contributed by atoms with van der Waals surface area (Å²) in [5.74, 6) is -1.15. The van der Waals surface area contributed by atoms with E-state index >= 15 is 0 Å². The molecule has 1 atom stereocenters. The number of hydrogen-bond donors (Lipinski definition) is 1. The maximum atomic E-state index is 12.1. The number of carbonyl (C=O) groups is 2. The van der Waals surface area contributed by atoms with E-state index in [1.807, 2.05) is 0 Å². The van der Waals surface area contributed by atoms with Gasteiger partial charge in [0, 0.05) is 30.2 Å². The molecule has 1 aliphatic heterocycles. The highest BCUT2D eigenvalue weighted by atomic mass is 16.6. The number of amides is 1. The Morgan fingerprint density at radius 2 is 2.05 bits per heavy atom. The van der Waals surface area contributed by atoms with Crippen LogP contribution in [0.15, 0.2) is 35.5 Å². The lowest BCUT2D eigenvalue weighted by Gasteiger charge is -2.26. The van der Waals surface area contributed by atoms with Crippen LogP contribution in [0.5, 0.6) is 0 Å². The molecule has 0 saturated carbocycles. The van der Waals surface area contributed by atoms with Gasteiger partial charge >= 0.3 is 5.97 Å². The second-order valence-corrected chi connectivity index (χ2v) is 4.91. The van der Waals surface area contributed by atoms with Crippen molar-refractivity contribution in [3.63, 3.8) is 0 Å². The summed E-state index contributed by atoms with van der Waals surface area (Å²) in [4.78, 5) is 34.1. The summed E-state index contributed by atoms with van der Waals surface area (Å²) in [5.41, 5.74) is 1.47. The first kappa shape index (κ1) is 15.7. The lowest BCUT2D eigenvalue weighted by Crippen LogP contribution is -2.34. The average Bonchev–Trinajstić information content (AvgIpc) is 2.46. The van der Waals surface area contributed by atoms with Gasteiger partial charge < -0.3 is 10.1 Å². The fraction of sp³-hybridized carbons (Fsp3) is 0.333. The molecule has 0 fully saturated rings. The Labute approximate surface area is 127 Å². The zero-order valence-electron chi connectivity index (χ0n) is 12.3. The topological polar surface area (TPSA) is 98.5 Å². The van der Waals surface area contributed by atoms with Gasteiger partial charge in [-0.2, -0.15) is 0 Å². The SMILES string of the molecule is CCOC(=O)C1=C(C)NC(=O)C[C@@H]1c1ccc([N+](=O)[O-])cc1. The molecule has 1 aliphatic rings. The number of carbonyl (C=O) groups excluding carboxylic acids is 2.